The molecule has 1 atom stereocenters. The van der Waals surface area contributed by atoms with Crippen LogP contribution in [0, 0.1) is 0 Å². The van der Waals surface area contributed by atoms with Gasteiger partial charge in [-0.3, -0.25) is 9.78 Å². The van der Waals surface area contributed by atoms with Crippen LogP contribution in [0.25, 0.3) is 10.9 Å². The second-order valence-electron chi connectivity index (χ2n) is 6.53. The Kier molecular flexibility index (Phi) is 3.30. The molecule has 1 aliphatic carbocycles. The zero-order valence-corrected chi connectivity index (χ0v) is 13.1. The average Bonchev–Trinajstić information content (AvgIpc) is 3.19. The molecule has 0 saturated carbocycles. The average molecular weight is 328 g/mol. The highest BCUT2D eigenvalue weighted by Crippen LogP contribution is 2.33. The lowest BCUT2D eigenvalue weighted by molar-refractivity contribution is -0.149. The summed E-state index contributed by atoms with van der Waals surface area (Å²) in [6.07, 6.45) is 2.39. The molecule has 6 heteroatoms. The van der Waals surface area contributed by atoms with Crippen LogP contribution in [-0.4, -0.2) is 45.6 Å². The van der Waals surface area contributed by atoms with Gasteiger partial charge in [0.05, 0.1) is 17.6 Å². The molecule has 24 heavy (non-hydrogen) atoms. The number of benzene rings is 1. The monoisotopic (exact) mass is 328 g/mol. The van der Waals surface area contributed by atoms with Crippen molar-refractivity contribution in [3.8, 4) is 0 Å². The third-order valence-corrected chi connectivity index (χ3v) is 5.02. The molecule has 0 radical (unpaired) electrons. The molecule has 1 aromatic carbocycles. The molecule has 4 rings (SSSR count). The number of para-hydroxylation sites is 1. The van der Waals surface area contributed by atoms with Crippen LogP contribution >= 0.6 is 0 Å². The number of halogens is 1. The maximum atomic E-state index is 14.3. The Hall–Kier alpha value is -2.50. The lowest BCUT2D eigenvalue weighted by Gasteiger charge is -2.20. The zero-order chi connectivity index (χ0) is 16.9. The minimum Gasteiger partial charge on any atom is -0.479 e. The number of carboxylic acid groups (broad SMARTS) is 1. The van der Waals surface area contributed by atoms with Gasteiger partial charge < -0.3 is 10.0 Å². The topological polar surface area (TPSA) is 70.5 Å². The first-order valence-electron chi connectivity index (χ1n) is 8.12. The molecule has 1 saturated heterocycles. The number of aliphatic carboxylic acids is 1. The molecule has 1 unspecified atom stereocenters. The van der Waals surface area contributed by atoms with Crippen LogP contribution in [0.1, 0.15) is 34.5 Å². The van der Waals surface area contributed by atoms with E-state index in [-0.39, 0.29) is 18.9 Å². The summed E-state index contributed by atoms with van der Waals surface area (Å²) in [5.74, 6) is -1.78. The number of pyridine rings is 1. The first-order chi connectivity index (χ1) is 11.5. The van der Waals surface area contributed by atoms with Crippen molar-refractivity contribution < 1.29 is 19.1 Å². The number of carbonyl (C=O) groups excluding carboxylic acids is 1. The Morgan fingerprint density at radius 2 is 2.04 bits per heavy atom. The molecular formula is C18H17FN2O3. The summed E-state index contributed by atoms with van der Waals surface area (Å²) in [6, 6.07) is 7.44. The number of fused-ring (bicyclic) bond motifs is 2. The first kappa shape index (κ1) is 15.1. The van der Waals surface area contributed by atoms with Crippen molar-refractivity contribution in [3.05, 3.63) is 41.1 Å². The summed E-state index contributed by atoms with van der Waals surface area (Å²) in [6.45, 7) is -0.278. The van der Waals surface area contributed by atoms with Crippen molar-refractivity contribution in [2.45, 2.75) is 31.4 Å². The molecule has 5 nitrogen and oxygen atoms in total. The van der Waals surface area contributed by atoms with Crippen molar-refractivity contribution >= 4 is 22.8 Å². The van der Waals surface area contributed by atoms with E-state index in [2.05, 4.69) is 4.98 Å². The normalized spacial score (nSPS) is 22.8. The van der Waals surface area contributed by atoms with E-state index in [1.54, 1.807) is 0 Å². The number of rotatable bonds is 2. The summed E-state index contributed by atoms with van der Waals surface area (Å²) in [5, 5.41) is 9.81. The van der Waals surface area contributed by atoms with Crippen LogP contribution in [0.5, 0.6) is 0 Å². The summed E-state index contributed by atoms with van der Waals surface area (Å²) < 4.78 is 14.3. The molecule has 2 aromatic rings. The minimum absolute atomic E-state index is 0.118. The molecule has 2 heterocycles. The molecular weight excluding hydrogens is 311 g/mol. The maximum absolute atomic E-state index is 14.3. The van der Waals surface area contributed by atoms with Gasteiger partial charge in [-0.25, -0.2) is 9.18 Å². The van der Waals surface area contributed by atoms with E-state index < -0.39 is 18.2 Å². The number of aromatic nitrogens is 1. The van der Waals surface area contributed by atoms with Gasteiger partial charge in [0.25, 0.3) is 5.91 Å². The fourth-order valence-corrected chi connectivity index (χ4v) is 3.73. The summed E-state index contributed by atoms with van der Waals surface area (Å²) in [4.78, 5) is 30.1. The largest absolute Gasteiger partial charge is 0.479 e. The molecule has 1 amide bonds. The maximum Gasteiger partial charge on any atom is 0.343 e. The Morgan fingerprint density at radius 3 is 2.79 bits per heavy atom. The highest BCUT2D eigenvalue weighted by atomic mass is 19.1. The van der Waals surface area contributed by atoms with E-state index in [0.717, 1.165) is 41.4 Å². The SMILES string of the molecule is O=C(c1c2c(nc3ccccc13)CCC2)N1CCC(F)(C(=O)O)C1. The molecule has 1 aliphatic heterocycles. The molecule has 0 bridgehead atoms. The lowest BCUT2D eigenvalue weighted by atomic mass is 10.00. The smallest absolute Gasteiger partial charge is 0.343 e. The predicted molar refractivity (Wildman–Crippen MR) is 85.8 cm³/mol. The van der Waals surface area contributed by atoms with E-state index in [1.165, 1.54) is 4.90 Å². The third-order valence-electron chi connectivity index (χ3n) is 5.02. The Labute approximate surface area is 138 Å². The second-order valence-corrected chi connectivity index (χ2v) is 6.53. The predicted octanol–water partition coefficient (Wildman–Crippen LogP) is 2.36. The van der Waals surface area contributed by atoms with E-state index in [0.29, 0.717) is 5.56 Å². The van der Waals surface area contributed by atoms with Crippen LogP contribution in [0.2, 0.25) is 0 Å². The molecule has 0 spiro atoms. The van der Waals surface area contributed by atoms with Crippen molar-refractivity contribution in [2.75, 3.05) is 13.1 Å². The van der Waals surface area contributed by atoms with Crippen LogP contribution in [-0.2, 0) is 17.6 Å². The van der Waals surface area contributed by atoms with Gasteiger partial charge in [-0.05, 0) is 30.9 Å². The highest BCUT2D eigenvalue weighted by molar-refractivity contribution is 6.08. The molecule has 1 N–H and O–H groups in total. The molecule has 2 aliphatic rings. The van der Waals surface area contributed by atoms with Gasteiger partial charge in [0.2, 0.25) is 5.67 Å². The van der Waals surface area contributed by atoms with Crippen molar-refractivity contribution in [3.63, 3.8) is 0 Å². The third kappa shape index (κ3) is 2.17. The van der Waals surface area contributed by atoms with Gasteiger partial charge in [0.1, 0.15) is 0 Å². The van der Waals surface area contributed by atoms with E-state index in [9.17, 15) is 14.0 Å². The highest BCUT2D eigenvalue weighted by Gasteiger charge is 2.47. The number of nitrogens with zero attached hydrogens (tertiary/aromatic N) is 2. The van der Waals surface area contributed by atoms with Crippen LogP contribution in [0.3, 0.4) is 0 Å². The van der Waals surface area contributed by atoms with E-state index in [1.807, 2.05) is 24.3 Å². The lowest BCUT2D eigenvalue weighted by Crippen LogP contribution is -2.39. The molecule has 124 valence electrons. The van der Waals surface area contributed by atoms with Crippen LogP contribution in [0.4, 0.5) is 4.39 Å². The van der Waals surface area contributed by atoms with Gasteiger partial charge in [-0.1, -0.05) is 18.2 Å². The van der Waals surface area contributed by atoms with E-state index in [4.69, 9.17) is 5.11 Å². The van der Waals surface area contributed by atoms with Crippen LogP contribution in [0.15, 0.2) is 24.3 Å². The first-order valence-corrected chi connectivity index (χ1v) is 8.12. The summed E-state index contributed by atoms with van der Waals surface area (Å²) in [5.41, 5.74) is 0.848. The fourth-order valence-electron chi connectivity index (χ4n) is 3.73. The Morgan fingerprint density at radius 1 is 1.25 bits per heavy atom. The van der Waals surface area contributed by atoms with Gasteiger partial charge >= 0.3 is 5.97 Å². The second kappa shape index (κ2) is 5.26. The summed E-state index contributed by atoms with van der Waals surface area (Å²) in [7, 11) is 0. The quantitative estimate of drug-likeness (QED) is 0.919. The van der Waals surface area contributed by atoms with Gasteiger partial charge in [0, 0.05) is 24.0 Å². The number of hydrogen-bond donors (Lipinski definition) is 1. The van der Waals surface area contributed by atoms with Gasteiger partial charge in [-0.15, -0.1) is 0 Å². The van der Waals surface area contributed by atoms with Gasteiger partial charge in [-0.2, -0.15) is 0 Å². The standard InChI is InChI=1S/C18H17FN2O3/c19-18(17(23)24)8-9-21(10-18)16(22)15-11-4-1-2-6-13(11)20-14-7-3-5-12(14)15/h1-2,4,6H,3,5,7-10H2,(H,23,24). The fraction of sp³-hybridized carbons (Fsp3) is 0.389. The summed E-state index contributed by atoms with van der Waals surface area (Å²) >= 11 is 0. The van der Waals surface area contributed by atoms with Crippen molar-refractivity contribution in [1.82, 2.24) is 9.88 Å². The van der Waals surface area contributed by atoms with Crippen molar-refractivity contribution in [1.29, 1.82) is 0 Å². The van der Waals surface area contributed by atoms with Crippen molar-refractivity contribution in [2.24, 2.45) is 0 Å². The number of alkyl halides is 1. The number of likely N-dealkylation sites (tertiary alicyclic amines) is 1. The number of hydrogen-bond acceptors (Lipinski definition) is 3. The number of aryl methyl sites for hydroxylation is 1. The minimum atomic E-state index is -2.35. The number of carbonyl (C=O) groups is 2. The zero-order valence-electron chi connectivity index (χ0n) is 13.1. The number of amides is 1. The molecule has 1 fully saturated rings. The van der Waals surface area contributed by atoms with Gasteiger partial charge in [0.15, 0.2) is 0 Å². The number of carboxylic acids is 1. The Bertz CT molecular complexity index is 867. The molecule has 1 aromatic heterocycles. The Balaban J connectivity index is 1.80. The van der Waals surface area contributed by atoms with E-state index >= 15 is 0 Å². The van der Waals surface area contributed by atoms with Crippen LogP contribution < -0.4 is 0 Å².